The van der Waals surface area contributed by atoms with Gasteiger partial charge in [0.1, 0.15) is 11.6 Å². The van der Waals surface area contributed by atoms with Gasteiger partial charge in [0.25, 0.3) is 0 Å². The maximum absolute atomic E-state index is 6.15. The van der Waals surface area contributed by atoms with Crippen LogP contribution in [0.25, 0.3) is 11.4 Å². The summed E-state index contributed by atoms with van der Waals surface area (Å²) >= 11 is 0. The van der Waals surface area contributed by atoms with Gasteiger partial charge in [0, 0.05) is 37.3 Å². The summed E-state index contributed by atoms with van der Waals surface area (Å²) in [7, 11) is 4.03. The van der Waals surface area contributed by atoms with Crippen molar-refractivity contribution in [2.75, 3.05) is 30.5 Å². The molecule has 0 saturated heterocycles. The van der Waals surface area contributed by atoms with E-state index in [-0.39, 0.29) is 0 Å². The van der Waals surface area contributed by atoms with Crippen molar-refractivity contribution < 1.29 is 0 Å². The molecular weight excluding hydrogens is 298 g/mol. The summed E-state index contributed by atoms with van der Waals surface area (Å²) in [5, 5.41) is 0. The number of aromatic nitrogens is 2. The number of hydrogen-bond donors (Lipinski definition) is 2. The Bertz CT molecular complexity index is 803. The summed E-state index contributed by atoms with van der Waals surface area (Å²) in [6, 6.07) is 18.0. The first-order valence-corrected chi connectivity index (χ1v) is 7.78. The van der Waals surface area contributed by atoms with Crippen LogP contribution in [-0.4, -0.2) is 24.1 Å². The molecule has 5 heteroatoms. The Kier molecular flexibility index (Phi) is 4.33. The fraction of sp³-hybridized carbons (Fsp3) is 0.158. The molecule has 0 aliphatic heterocycles. The summed E-state index contributed by atoms with van der Waals surface area (Å²) in [6.45, 7) is 0. The molecule has 0 unspecified atom stereocenters. The predicted octanol–water partition coefficient (Wildman–Crippen LogP) is 2.96. The fourth-order valence-electron chi connectivity index (χ4n) is 2.53. The van der Waals surface area contributed by atoms with Crippen LogP contribution in [0.2, 0.25) is 0 Å². The molecule has 0 atom stereocenters. The van der Waals surface area contributed by atoms with E-state index in [1.165, 1.54) is 0 Å². The second-order valence-corrected chi connectivity index (χ2v) is 5.90. The fourth-order valence-corrected chi connectivity index (χ4v) is 2.53. The van der Waals surface area contributed by atoms with Gasteiger partial charge in [-0.2, -0.15) is 0 Å². The summed E-state index contributed by atoms with van der Waals surface area (Å²) in [5.41, 5.74) is 16.2. The average Bonchev–Trinajstić information content (AvgIpc) is 2.59. The molecule has 2 aromatic carbocycles. The third-order valence-corrected chi connectivity index (χ3v) is 3.94. The molecule has 1 aromatic heterocycles. The lowest BCUT2D eigenvalue weighted by Gasteiger charge is -2.14. The van der Waals surface area contributed by atoms with Crippen molar-refractivity contribution in [2.45, 2.75) is 6.42 Å². The Hall–Kier alpha value is -3.08. The largest absolute Gasteiger partial charge is 0.383 e. The zero-order valence-corrected chi connectivity index (χ0v) is 13.9. The molecular formula is C19H21N5. The molecule has 5 nitrogen and oxygen atoms in total. The zero-order chi connectivity index (χ0) is 17.1. The van der Waals surface area contributed by atoms with E-state index in [1.54, 1.807) is 0 Å². The number of nitrogens with two attached hydrogens (primary N) is 2. The lowest BCUT2D eigenvalue weighted by Crippen LogP contribution is -2.09. The Morgan fingerprint density at radius 3 is 1.96 bits per heavy atom. The lowest BCUT2D eigenvalue weighted by atomic mass is 10.1. The molecule has 0 amide bonds. The monoisotopic (exact) mass is 319 g/mol. The van der Waals surface area contributed by atoms with E-state index in [1.807, 2.05) is 44.4 Å². The highest BCUT2D eigenvalue weighted by atomic mass is 15.1. The average molecular weight is 319 g/mol. The minimum absolute atomic E-state index is 0.429. The van der Waals surface area contributed by atoms with Crippen LogP contribution in [0.15, 0.2) is 54.6 Å². The molecule has 4 N–H and O–H groups in total. The molecule has 0 aliphatic rings. The Morgan fingerprint density at radius 1 is 0.833 bits per heavy atom. The van der Waals surface area contributed by atoms with Gasteiger partial charge in [-0.1, -0.05) is 42.5 Å². The minimum atomic E-state index is 0.429. The third-order valence-electron chi connectivity index (χ3n) is 3.94. The molecule has 0 bridgehead atoms. The van der Waals surface area contributed by atoms with E-state index >= 15 is 0 Å². The second-order valence-electron chi connectivity index (χ2n) is 5.90. The molecule has 122 valence electrons. The standard InChI is InChI=1S/C19H21N5/c1-24(2)15-10-8-13(9-11-15)12-16-17(20)22-19(23-18(16)21)14-6-4-3-5-7-14/h3-11H,12H2,1-2H3,(H4,20,21,22,23). The quantitative estimate of drug-likeness (QED) is 0.772. The van der Waals surface area contributed by atoms with Crippen molar-refractivity contribution in [3.8, 4) is 11.4 Å². The lowest BCUT2D eigenvalue weighted by molar-refractivity contribution is 1.09. The van der Waals surface area contributed by atoms with Gasteiger partial charge >= 0.3 is 0 Å². The third kappa shape index (κ3) is 3.30. The zero-order valence-electron chi connectivity index (χ0n) is 13.9. The van der Waals surface area contributed by atoms with Gasteiger partial charge in [0.15, 0.2) is 5.82 Å². The first-order chi connectivity index (χ1) is 11.5. The van der Waals surface area contributed by atoms with Crippen molar-refractivity contribution >= 4 is 17.3 Å². The number of nitrogens with zero attached hydrogens (tertiary/aromatic N) is 3. The SMILES string of the molecule is CN(C)c1ccc(Cc2c(N)nc(-c3ccccc3)nc2N)cc1. The number of anilines is 3. The van der Waals surface area contributed by atoms with Crippen LogP contribution in [0.3, 0.4) is 0 Å². The highest BCUT2D eigenvalue weighted by molar-refractivity contribution is 5.64. The van der Waals surface area contributed by atoms with Gasteiger partial charge in [0.05, 0.1) is 0 Å². The van der Waals surface area contributed by atoms with E-state index in [2.05, 4.69) is 39.1 Å². The number of hydrogen-bond acceptors (Lipinski definition) is 5. The van der Waals surface area contributed by atoms with Crippen molar-refractivity contribution in [3.05, 3.63) is 65.7 Å². The number of benzene rings is 2. The molecule has 0 saturated carbocycles. The van der Waals surface area contributed by atoms with Gasteiger partial charge in [-0.25, -0.2) is 9.97 Å². The molecule has 1 heterocycles. The van der Waals surface area contributed by atoms with Gasteiger partial charge in [-0.05, 0) is 17.7 Å². The van der Waals surface area contributed by atoms with Crippen LogP contribution in [0.4, 0.5) is 17.3 Å². The van der Waals surface area contributed by atoms with Crippen LogP contribution in [0.1, 0.15) is 11.1 Å². The summed E-state index contributed by atoms with van der Waals surface area (Å²) in [6.07, 6.45) is 0.612. The normalized spacial score (nSPS) is 10.6. The molecule has 0 spiro atoms. The summed E-state index contributed by atoms with van der Waals surface area (Å²) in [4.78, 5) is 10.9. The number of nitrogen functional groups attached to an aromatic ring is 2. The predicted molar refractivity (Wildman–Crippen MR) is 99.9 cm³/mol. The number of rotatable bonds is 4. The van der Waals surface area contributed by atoms with E-state index < -0.39 is 0 Å². The van der Waals surface area contributed by atoms with Crippen LogP contribution < -0.4 is 16.4 Å². The van der Waals surface area contributed by atoms with Crippen LogP contribution in [-0.2, 0) is 6.42 Å². The van der Waals surface area contributed by atoms with Crippen molar-refractivity contribution in [3.63, 3.8) is 0 Å². The van der Waals surface area contributed by atoms with Crippen molar-refractivity contribution in [1.29, 1.82) is 0 Å². The maximum Gasteiger partial charge on any atom is 0.163 e. The molecule has 24 heavy (non-hydrogen) atoms. The smallest absolute Gasteiger partial charge is 0.163 e. The van der Waals surface area contributed by atoms with Crippen LogP contribution >= 0.6 is 0 Å². The molecule has 3 rings (SSSR count). The maximum atomic E-state index is 6.15. The molecule has 3 aromatic rings. The molecule has 0 fully saturated rings. The van der Waals surface area contributed by atoms with Crippen LogP contribution in [0.5, 0.6) is 0 Å². The van der Waals surface area contributed by atoms with Gasteiger partial charge in [-0.15, -0.1) is 0 Å². The van der Waals surface area contributed by atoms with E-state index in [4.69, 9.17) is 11.5 Å². The van der Waals surface area contributed by atoms with Crippen LogP contribution in [0, 0.1) is 0 Å². The van der Waals surface area contributed by atoms with Gasteiger partial charge in [-0.3, -0.25) is 0 Å². The minimum Gasteiger partial charge on any atom is -0.383 e. The van der Waals surface area contributed by atoms with E-state index in [9.17, 15) is 0 Å². The first kappa shape index (κ1) is 15.8. The highest BCUT2D eigenvalue weighted by Gasteiger charge is 2.12. The van der Waals surface area contributed by atoms with Crippen molar-refractivity contribution in [1.82, 2.24) is 9.97 Å². The summed E-state index contributed by atoms with van der Waals surface area (Å²) < 4.78 is 0. The van der Waals surface area contributed by atoms with Gasteiger partial charge < -0.3 is 16.4 Å². The molecule has 0 aliphatic carbocycles. The van der Waals surface area contributed by atoms with E-state index in [0.29, 0.717) is 23.9 Å². The highest BCUT2D eigenvalue weighted by Crippen LogP contribution is 2.25. The Labute approximate surface area is 142 Å². The molecule has 0 radical (unpaired) electrons. The topological polar surface area (TPSA) is 81.1 Å². The first-order valence-electron chi connectivity index (χ1n) is 7.78. The Balaban J connectivity index is 1.89. The Morgan fingerprint density at radius 2 is 1.42 bits per heavy atom. The second kappa shape index (κ2) is 6.58. The summed E-state index contributed by atoms with van der Waals surface area (Å²) in [5.74, 6) is 1.41. The van der Waals surface area contributed by atoms with Gasteiger partial charge in [0.2, 0.25) is 0 Å². The van der Waals surface area contributed by atoms with E-state index in [0.717, 1.165) is 22.4 Å². The van der Waals surface area contributed by atoms with Crippen molar-refractivity contribution in [2.24, 2.45) is 0 Å².